The number of aromatic nitrogens is 2. The summed E-state index contributed by atoms with van der Waals surface area (Å²) in [6.45, 7) is 1.74. The summed E-state index contributed by atoms with van der Waals surface area (Å²) in [5.41, 5.74) is 0.0802. The molecule has 0 bridgehead atoms. The van der Waals surface area contributed by atoms with Crippen LogP contribution in [-0.4, -0.2) is 57.8 Å². The van der Waals surface area contributed by atoms with Crippen LogP contribution in [0.25, 0.3) is 10.8 Å². The maximum absolute atomic E-state index is 13.9. The number of nitriles is 1. The lowest BCUT2D eigenvalue weighted by Crippen LogP contribution is -2.44. The third-order valence-corrected chi connectivity index (χ3v) is 9.30. The summed E-state index contributed by atoms with van der Waals surface area (Å²) in [5.74, 6) is -0.325. The first-order valence-corrected chi connectivity index (χ1v) is 15.8. The lowest BCUT2D eigenvalue weighted by atomic mass is 9.74. The molecule has 8 nitrogen and oxygen atoms in total. The minimum absolute atomic E-state index is 0.0985. The Morgan fingerprint density at radius 2 is 1.62 bits per heavy atom. The lowest BCUT2D eigenvalue weighted by Gasteiger charge is -2.37. The maximum atomic E-state index is 13.9. The van der Waals surface area contributed by atoms with E-state index >= 15 is 0 Å². The SMILES string of the molecule is N#CC1(c2ccccc2)CCN(C(=O)c2cc(C(=O)N3CCCCC3)c3cc(OCc4ncc(C(F)(F)F)cc4Cl)ncc3c2)CC1. The van der Waals surface area contributed by atoms with Crippen LogP contribution >= 0.6 is 11.6 Å². The third kappa shape index (κ3) is 6.74. The van der Waals surface area contributed by atoms with Gasteiger partial charge in [-0.3, -0.25) is 14.6 Å². The second kappa shape index (κ2) is 13.2. The Morgan fingerprint density at radius 3 is 2.28 bits per heavy atom. The minimum atomic E-state index is -4.58. The fourth-order valence-corrected chi connectivity index (χ4v) is 6.47. The number of alkyl halides is 3. The molecule has 4 aromatic rings. The van der Waals surface area contributed by atoms with Gasteiger partial charge in [0.25, 0.3) is 11.8 Å². The highest BCUT2D eigenvalue weighted by molar-refractivity contribution is 6.31. The molecule has 0 unspecified atom stereocenters. The van der Waals surface area contributed by atoms with Crippen molar-refractivity contribution in [3.8, 4) is 11.9 Å². The molecule has 6 rings (SSSR count). The number of carbonyl (C=O) groups is 2. The van der Waals surface area contributed by atoms with E-state index in [-0.39, 0.29) is 35.0 Å². The fourth-order valence-electron chi connectivity index (χ4n) is 6.25. The van der Waals surface area contributed by atoms with Gasteiger partial charge in [-0.1, -0.05) is 41.9 Å². The van der Waals surface area contributed by atoms with Gasteiger partial charge in [-0.15, -0.1) is 0 Å². The summed E-state index contributed by atoms with van der Waals surface area (Å²) in [6.07, 6.45) is 1.40. The Morgan fingerprint density at radius 1 is 0.915 bits per heavy atom. The zero-order valence-electron chi connectivity index (χ0n) is 25.4. The van der Waals surface area contributed by atoms with E-state index < -0.39 is 17.2 Å². The fraction of sp³-hybridized carbons (Fsp3) is 0.343. The van der Waals surface area contributed by atoms with E-state index in [1.165, 1.54) is 6.20 Å². The number of hydrogen-bond acceptors (Lipinski definition) is 6. The smallest absolute Gasteiger partial charge is 0.417 e. The average Bonchev–Trinajstić information content (AvgIpc) is 3.10. The first-order valence-electron chi connectivity index (χ1n) is 15.4. The molecule has 4 heterocycles. The molecular weight excluding hydrogens is 631 g/mol. The van der Waals surface area contributed by atoms with Gasteiger partial charge in [0.15, 0.2) is 0 Å². The van der Waals surface area contributed by atoms with Crippen molar-refractivity contribution < 1.29 is 27.5 Å². The zero-order valence-corrected chi connectivity index (χ0v) is 26.2. The highest BCUT2D eigenvalue weighted by Gasteiger charge is 2.38. The van der Waals surface area contributed by atoms with Gasteiger partial charge in [0.05, 0.1) is 27.8 Å². The summed E-state index contributed by atoms with van der Waals surface area (Å²) in [4.78, 5) is 39.4. The van der Waals surface area contributed by atoms with Crippen molar-refractivity contribution in [3.63, 3.8) is 0 Å². The molecule has 2 aromatic carbocycles. The van der Waals surface area contributed by atoms with Crippen LogP contribution in [0.3, 0.4) is 0 Å². The number of benzene rings is 2. The van der Waals surface area contributed by atoms with Gasteiger partial charge < -0.3 is 14.5 Å². The molecule has 47 heavy (non-hydrogen) atoms. The Balaban J connectivity index is 1.27. The molecule has 2 amide bonds. The summed E-state index contributed by atoms with van der Waals surface area (Å²) < 4.78 is 44.8. The second-order valence-corrected chi connectivity index (χ2v) is 12.3. The number of piperidine rings is 2. The quantitative estimate of drug-likeness (QED) is 0.217. The van der Waals surface area contributed by atoms with Crippen molar-refractivity contribution >= 4 is 34.2 Å². The van der Waals surface area contributed by atoms with E-state index in [0.29, 0.717) is 67.1 Å². The molecule has 0 aliphatic carbocycles. The Kier molecular flexibility index (Phi) is 9.06. The van der Waals surface area contributed by atoms with Crippen LogP contribution in [-0.2, 0) is 18.2 Å². The number of likely N-dealkylation sites (tertiary alicyclic amines) is 2. The molecule has 0 N–H and O–H groups in total. The van der Waals surface area contributed by atoms with Gasteiger partial charge in [-0.2, -0.15) is 18.4 Å². The molecule has 2 saturated heterocycles. The van der Waals surface area contributed by atoms with Crippen LogP contribution < -0.4 is 4.74 Å². The van der Waals surface area contributed by atoms with E-state index in [4.69, 9.17) is 16.3 Å². The Labute approximate surface area is 274 Å². The van der Waals surface area contributed by atoms with Gasteiger partial charge in [-0.25, -0.2) is 4.98 Å². The van der Waals surface area contributed by atoms with Gasteiger partial charge in [0.2, 0.25) is 5.88 Å². The molecule has 0 spiro atoms. The van der Waals surface area contributed by atoms with Crippen molar-refractivity contribution in [1.82, 2.24) is 19.8 Å². The number of halogens is 4. The number of nitrogens with zero attached hydrogens (tertiary/aromatic N) is 5. The summed E-state index contributed by atoms with van der Waals surface area (Å²) in [6, 6.07) is 17.8. The first kappa shape index (κ1) is 32.3. The molecule has 2 fully saturated rings. The topological polar surface area (TPSA) is 99.4 Å². The van der Waals surface area contributed by atoms with Crippen LogP contribution in [0, 0.1) is 11.3 Å². The van der Waals surface area contributed by atoms with Gasteiger partial charge in [0.1, 0.15) is 6.61 Å². The number of pyridine rings is 2. The Bertz CT molecular complexity index is 1850. The first-order chi connectivity index (χ1) is 22.6. The average molecular weight is 662 g/mol. The van der Waals surface area contributed by atoms with E-state index in [1.54, 1.807) is 28.0 Å². The predicted molar refractivity (Wildman–Crippen MR) is 169 cm³/mol. The summed E-state index contributed by atoms with van der Waals surface area (Å²) in [7, 11) is 0. The summed E-state index contributed by atoms with van der Waals surface area (Å²) >= 11 is 6.05. The van der Waals surface area contributed by atoms with E-state index in [1.807, 2.05) is 30.3 Å². The number of hydrogen-bond donors (Lipinski definition) is 0. The van der Waals surface area contributed by atoms with Crippen molar-refractivity contribution in [2.45, 2.75) is 50.3 Å². The standard InChI is InChI=1S/C35H31ClF3N5O3/c36-29-17-26(35(37,38)39)20-41-30(29)21-47-31-18-27-24(19-42-31)15-23(16-28(27)33(46)43-11-5-2-6-12-43)32(45)44-13-9-34(22-40,10-14-44)25-7-3-1-4-8-25/h1,3-4,7-8,15-20H,2,5-6,9-14,21H2. The molecule has 2 aliphatic rings. The summed E-state index contributed by atoms with van der Waals surface area (Å²) in [5, 5.41) is 11.0. The highest BCUT2D eigenvalue weighted by Crippen LogP contribution is 2.36. The van der Waals surface area contributed by atoms with E-state index in [0.717, 1.165) is 30.9 Å². The number of rotatable bonds is 6. The normalized spacial score (nSPS) is 16.5. The highest BCUT2D eigenvalue weighted by atomic mass is 35.5. The van der Waals surface area contributed by atoms with Crippen LogP contribution in [0.4, 0.5) is 13.2 Å². The molecule has 2 aliphatic heterocycles. The lowest BCUT2D eigenvalue weighted by molar-refractivity contribution is -0.137. The second-order valence-electron chi connectivity index (χ2n) is 11.9. The largest absolute Gasteiger partial charge is 0.471 e. The molecule has 0 atom stereocenters. The third-order valence-electron chi connectivity index (χ3n) is 8.98. The Hall–Kier alpha value is -4.69. The van der Waals surface area contributed by atoms with Gasteiger partial charge in [0, 0.05) is 66.5 Å². The minimum Gasteiger partial charge on any atom is -0.471 e. The molecule has 2 aromatic heterocycles. The van der Waals surface area contributed by atoms with Crippen molar-refractivity contribution in [3.05, 3.63) is 100.0 Å². The van der Waals surface area contributed by atoms with E-state index in [2.05, 4.69) is 16.0 Å². The molecule has 242 valence electrons. The molecule has 0 radical (unpaired) electrons. The van der Waals surface area contributed by atoms with Crippen molar-refractivity contribution in [1.29, 1.82) is 5.26 Å². The van der Waals surface area contributed by atoms with E-state index in [9.17, 15) is 28.0 Å². The predicted octanol–water partition coefficient (Wildman–Crippen LogP) is 7.20. The molecular formula is C35H31ClF3N5O3. The molecule has 12 heteroatoms. The van der Waals surface area contributed by atoms with Crippen molar-refractivity contribution in [2.75, 3.05) is 26.2 Å². The monoisotopic (exact) mass is 661 g/mol. The van der Waals surface area contributed by atoms with Crippen molar-refractivity contribution in [2.24, 2.45) is 0 Å². The maximum Gasteiger partial charge on any atom is 0.417 e. The number of carbonyl (C=O) groups excluding carboxylic acids is 2. The van der Waals surface area contributed by atoms with Crippen LogP contribution in [0.15, 0.2) is 67.0 Å². The van der Waals surface area contributed by atoms with Gasteiger partial charge in [-0.05, 0) is 55.9 Å². The van der Waals surface area contributed by atoms with Crippen LogP contribution in [0.2, 0.25) is 5.02 Å². The van der Waals surface area contributed by atoms with Crippen LogP contribution in [0.5, 0.6) is 5.88 Å². The number of fused-ring (bicyclic) bond motifs is 1. The zero-order chi connectivity index (χ0) is 33.2. The van der Waals surface area contributed by atoms with Crippen LogP contribution in [0.1, 0.15) is 69.6 Å². The number of ether oxygens (including phenoxy) is 1. The van der Waals surface area contributed by atoms with Gasteiger partial charge >= 0.3 is 6.18 Å². The number of amides is 2. The molecule has 0 saturated carbocycles.